The number of hydrogen-bond acceptors (Lipinski definition) is 5. The molecule has 1 fully saturated rings. The summed E-state index contributed by atoms with van der Waals surface area (Å²) in [6.45, 7) is 3.51. The van der Waals surface area contributed by atoms with Crippen LogP contribution in [0.2, 0.25) is 0 Å². The van der Waals surface area contributed by atoms with E-state index in [1.165, 1.54) is 18.2 Å². The Kier molecular flexibility index (Phi) is 4.21. The minimum absolute atomic E-state index is 0.00760. The fraction of sp³-hybridized carbons (Fsp3) is 0.429. The fourth-order valence-corrected chi connectivity index (χ4v) is 2.18. The number of carbonyl (C=O) groups excluding carboxylic acids is 3. The lowest BCUT2D eigenvalue weighted by Crippen LogP contribution is -2.43. The van der Waals surface area contributed by atoms with Gasteiger partial charge in [-0.2, -0.15) is 0 Å². The van der Waals surface area contributed by atoms with Gasteiger partial charge in [-0.3, -0.25) is 19.3 Å². The maximum Gasteiger partial charge on any atom is 0.253 e. The summed E-state index contributed by atoms with van der Waals surface area (Å²) < 4.78 is 4.91. The van der Waals surface area contributed by atoms with Crippen LogP contribution in [0.3, 0.4) is 0 Å². The van der Waals surface area contributed by atoms with Gasteiger partial charge in [-0.1, -0.05) is 0 Å². The van der Waals surface area contributed by atoms with E-state index in [9.17, 15) is 14.4 Å². The largest absolute Gasteiger partial charge is 0.481 e. The number of pyridine rings is 1. The van der Waals surface area contributed by atoms with E-state index < -0.39 is 11.9 Å². The first kappa shape index (κ1) is 15.0. The topological polar surface area (TPSA) is 88.6 Å². The van der Waals surface area contributed by atoms with Gasteiger partial charge in [-0.15, -0.1) is 0 Å². The van der Waals surface area contributed by atoms with E-state index in [1.54, 1.807) is 26.0 Å². The Morgan fingerprint density at radius 3 is 2.62 bits per heavy atom. The third-order valence-electron chi connectivity index (χ3n) is 3.21. The molecule has 1 aliphatic rings. The summed E-state index contributed by atoms with van der Waals surface area (Å²) in [5, 5.41) is 2.57. The number of carbonyl (C=O) groups is 3. The molecule has 1 aromatic heterocycles. The van der Waals surface area contributed by atoms with Crippen molar-refractivity contribution in [3.8, 4) is 5.88 Å². The molecule has 21 heavy (non-hydrogen) atoms. The lowest BCUT2D eigenvalue weighted by molar-refractivity contribution is -0.140. The van der Waals surface area contributed by atoms with Crippen molar-refractivity contribution in [1.82, 2.24) is 15.2 Å². The van der Waals surface area contributed by atoms with Crippen molar-refractivity contribution in [1.29, 1.82) is 0 Å². The van der Waals surface area contributed by atoms with Gasteiger partial charge in [0.2, 0.25) is 11.8 Å². The van der Waals surface area contributed by atoms with Gasteiger partial charge in [0.15, 0.2) is 0 Å². The molecule has 1 N–H and O–H groups in total. The molecule has 1 atom stereocenters. The van der Waals surface area contributed by atoms with Crippen molar-refractivity contribution in [2.24, 2.45) is 0 Å². The van der Waals surface area contributed by atoms with Crippen molar-refractivity contribution >= 4 is 17.7 Å². The number of rotatable bonds is 4. The SMILES string of the molecule is COc1ccc(C(=O)NC2CC(=O)N(C(C)C)C2=O)cn1. The van der Waals surface area contributed by atoms with Crippen LogP contribution in [-0.4, -0.2) is 46.8 Å². The van der Waals surface area contributed by atoms with Crippen LogP contribution in [0.15, 0.2) is 18.3 Å². The zero-order chi connectivity index (χ0) is 15.6. The van der Waals surface area contributed by atoms with Crippen LogP contribution in [0.4, 0.5) is 0 Å². The summed E-state index contributed by atoms with van der Waals surface area (Å²) in [4.78, 5) is 41.0. The molecule has 7 heteroatoms. The summed E-state index contributed by atoms with van der Waals surface area (Å²) in [6, 6.07) is 2.07. The summed E-state index contributed by atoms with van der Waals surface area (Å²) in [6.07, 6.45) is 1.35. The minimum Gasteiger partial charge on any atom is -0.481 e. The number of methoxy groups -OCH3 is 1. The molecule has 0 bridgehead atoms. The van der Waals surface area contributed by atoms with E-state index in [0.29, 0.717) is 11.4 Å². The molecule has 0 aliphatic carbocycles. The molecule has 0 radical (unpaired) electrons. The first-order valence-corrected chi connectivity index (χ1v) is 6.61. The number of nitrogens with zero attached hydrogens (tertiary/aromatic N) is 2. The lowest BCUT2D eigenvalue weighted by Gasteiger charge is -2.19. The third-order valence-corrected chi connectivity index (χ3v) is 3.21. The average molecular weight is 291 g/mol. The summed E-state index contributed by atoms with van der Waals surface area (Å²) >= 11 is 0. The highest BCUT2D eigenvalue weighted by atomic mass is 16.5. The van der Waals surface area contributed by atoms with Gasteiger partial charge >= 0.3 is 0 Å². The average Bonchev–Trinajstić information content (AvgIpc) is 2.73. The molecule has 2 rings (SSSR count). The van der Waals surface area contributed by atoms with Gasteiger partial charge in [0, 0.05) is 18.3 Å². The van der Waals surface area contributed by atoms with Crippen molar-refractivity contribution in [2.45, 2.75) is 32.4 Å². The van der Waals surface area contributed by atoms with E-state index in [-0.39, 0.29) is 24.3 Å². The molecule has 1 unspecified atom stereocenters. The smallest absolute Gasteiger partial charge is 0.253 e. The highest BCUT2D eigenvalue weighted by Crippen LogP contribution is 2.17. The van der Waals surface area contributed by atoms with Crippen LogP contribution in [0.1, 0.15) is 30.6 Å². The number of aromatic nitrogens is 1. The molecule has 1 aliphatic heterocycles. The summed E-state index contributed by atoms with van der Waals surface area (Å²) in [7, 11) is 1.48. The summed E-state index contributed by atoms with van der Waals surface area (Å²) in [5.41, 5.74) is 0.305. The maximum absolute atomic E-state index is 12.1. The van der Waals surface area contributed by atoms with Crippen molar-refractivity contribution in [3.05, 3.63) is 23.9 Å². The first-order valence-electron chi connectivity index (χ1n) is 6.61. The van der Waals surface area contributed by atoms with Gasteiger partial charge in [0.05, 0.1) is 19.1 Å². The predicted molar refractivity (Wildman–Crippen MR) is 73.6 cm³/mol. The second kappa shape index (κ2) is 5.90. The van der Waals surface area contributed by atoms with Crippen LogP contribution >= 0.6 is 0 Å². The van der Waals surface area contributed by atoms with E-state index in [1.807, 2.05) is 0 Å². The number of hydrogen-bond donors (Lipinski definition) is 1. The van der Waals surface area contributed by atoms with Gasteiger partial charge in [-0.05, 0) is 19.9 Å². The van der Waals surface area contributed by atoms with Crippen LogP contribution in [0.5, 0.6) is 5.88 Å². The first-order chi connectivity index (χ1) is 9.93. The molecule has 1 aromatic rings. The van der Waals surface area contributed by atoms with E-state index >= 15 is 0 Å². The Morgan fingerprint density at radius 1 is 1.43 bits per heavy atom. The van der Waals surface area contributed by atoms with Crippen molar-refractivity contribution < 1.29 is 19.1 Å². The van der Waals surface area contributed by atoms with E-state index in [2.05, 4.69) is 10.3 Å². The molecule has 112 valence electrons. The molecule has 0 spiro atoms. The number of likely N-dealkylation sites (tertiary alicyclic amines) is 1. The molecule has 0 saturated carbocycles. The van der Waals surface area contributed by atoms with E-state index in [0.717, 1.165) is 0 Å². The number of amides is 3. The number of nitrogens with one attached hydrogen (secondary N) is 1. The molecule has 0 aromatic carbocycles. The summed E-state index contributed by atoms with van der Waals surface area (Å²) in [5.74, 6) is -0.690. The van der Waals surface area contributed by atoms with Crippen LogP contribution in [0, 0.1) is 0 Å². The monoisotopic (exact) mass is 291 g/mol. The zero-order valence-electron chi connectivity index (χ0n) is 12.1. The van der Waals surface area contributed by atoms with Crippen molar-refractivity contribution in [3.63, 3.8) is 0 Å². The zero-order valence-corrected chi connectivity index (χ0v) is 12.1. The predicted octanol–water partition coefficient (Wildman–Crippen LogP) is 0.356. The molecule has 7 nitrogen and oxygen atoms in total. The van der Waals surface area contributed by atoms with Gasteiger partial charge in [-0.25, -0.2) is 4.98 Å². The second-order valence-electron chi connectivity index (χ2n) is 5.02. The highest BCUT2D eigenvalue weighted by Gasteiger charge is 2.40. The third kappa shape index (κ3) is 3.01. The Balaban J connectivity index is 2.06. The van der Waals surface area contributed by atoms with Crippen molar-refractivity contribution in [2.75, 3.05) is 7.11 Å². The second-order valence-corrected chi connectivity index (χ2v) is 5.02. The van der Waals surface area contributed by atoms with Crippen LogP contribution in [-0.2, 0) is 9.59 Å². The van der Waals surface area contributed by atoms with Gasteiger partial charge in [0.1, 0.15) is 6.04 Å². The van der Waals surface area contributed by atoms with Crippen LogP contribution < -0.4 is 10.1 Å². The quantitative estimate of drug-likeness (QED) is 0.809. The molecule has 3 amide bonds. The van der Waals surface area contributed by atoms with Gasteiger partial charge in [0.25, 0.3) is 11.8 Å². The highest BCUT2D eigenvalue weighted by molar-refractivity contribution is 6.08. The minimum atomic E-state index is -0.811. The Bertz CT molecular complexity index is 568. The normalized spacial score (nSPS) is 18.3. The molecular weight excluding hydrogens is 274 g/mol. The maximum atomic E-state index is 12.1. The Morgan fingerprint density at radius 2 is 2.14 bits per heavy atom. The molecular formula is C14H17N3O4. The standard InChI is InChI=1S/C14H17N3O4/c1-8(2)17-12(18)6-10(14(17)20)16-13(19)9-4-5-11(21-3)15-7-9/h4-5,7-8,10H,6H2,1-3H3,(H,16,19). The fourth-order valence-electron chi connectivity index (χ4n) is 2.18. The lowest BCUT2D eigenvalue weighted by atomic mass is 10.2. The number of imide groups is 1. The Hall–Kier alpha value is -2.44. The van der Waals surface area contributed by atoms with E-state index in [4.69, 9.17) is 4.74 Å². The number of ether oxygens (including phenoxy) is 1. The Labute approximate surface area is 122 Å². The molecule has 2 heterocycles. The molecule has 1 saturated heterocycles. The van der Waals surface area contributed by atoms with Crippen LogP contribution in [0.25, 0.3) is 0 Å². The van der Waals surface area contributed by atoms with Gasteiger partial charge < -0.3 is 10.1 Å².